The van der Waals surface area contributed by atoms with Crippen molar-refractivity contribution in [1.82, 2.24) is 25.6 Å². The molecule has 2 aliphatic rings. The molecule has 4 aromatic rings. The number of H-pyrrole nitrogens is 1. The van der Waals surface area contributed by atoms with Gasteiger partial charge in [0.05, 0.1) is 16.3 Å². The number of anilines is 1. The lowest BCUT2D eigenvalue weighted by atomic mass is 9.83. The lowest BCUT2D eigenvalue weighted by Gasteiger charge is -2.44. The molecule has 2 aliphatic heterocycles. The maximum Gasteiger partial charge on any atom is 0.422 e. The van der Waals surface area contributed by atoms with Crippen molar-refractivity contribution in [3.8, 4) is 0 Å². The third-order valence-corrected chi connectivity index (χ3v) is 7.73. The summed E-state index contributed by atoms with van der Waals surface area (Å²) in [6.45, 7) is 0.817. The third kappa shape index (κ3) is 4.99. The molecule has 3 N–H and O–H groups in total. The fraction of sp³-hybridized carbons (Fsp3) is 0.241. The number of nitrogens with zero attached hydrogens (tertiary/aromatic N) is 3. The zero-order valence-electron chi connectivity index (χ0n) is 22.0. The van der Waals surface area contributed by atoms with E-state index in [4.69, 9.17) is 16.3 Å². The summed E-state index contributed by atoms with van der Waals surface area (Å²) in [5.74, 6) is -2.24. The SMILES string of the molecule is O=C(N[C@@H](Cc1cncnc1)C(=O)N1C(=O)O[C@]2(CCCNC2)c2c1ccc(Cl)c2F)c1ccc2[nH]c(=O)ccc2c1. The number of imide groups is 1. The minimum Gasteiger partial charge on any atom is -0.436 e. The van der Waals surface area contributed by atoms with Crippen molar-refractivity contribution in [3.63, 3.8) is 0 Å². The first-order chi connectivity index (χ1) is 20.3. The summed E-state index contributed by atoms with van der Waals surface area (Å²) >= 11 is 6.14. The van der Waals surface area contributed by atoms with Crippen LogP contribution in [0.15, 0.2) is 66.0 Å². The van der Waals surface area contributed by atoms with Crippen molar-refractivity contribution in [3.05, 3.63) is 99.1 Å². The molecular formula is C29H24ClFN6O5. The number of carbonyl (C=O) groups is 3. The monoisotopic (exact) mass is 590 g/mol. The summed E-state index contributed by atoms with van der Waals surface area (Å²) in [4.78, 5) is 64.0. The molecule has 214 valence electrons. The smallest absolute Gasteiger partial charge is 0.422 e. The Hall–Kier alpha value is -4.68. The van der Waals surface area contributed by atoms with E-state index < -0.39 is 35.4 Å². The Bertz CT molecular complexity index is 1780. The molecule has 3 amide bonds. The predicted octanol–water partition coefficient (Wildman–Crippen LogP) is 3.21. The second-order valence-corrected chi connectivity index (χ2v) is 10.6. The second kappa shape index (κ2) is 11.0. The van der Waals surface area contributed by atoms with Crippen molar-refractivity contribution in [2.24, 2.45) is 0 Å². The third-order valence-electron chi connectivity index (χ3n) is 7.44. The van der Waals surface area contributed by atoms with Gasteiger partial charge in [0.1, 0.15) is 12.4 Å². The highest BCUT2D eigenvalue weighted by molar-refractivity contribution is 6.31. The van der Waals surface area contributed by atoms with E-state index in [0.29, 0.717) is 35.9 Å². The quantitative estimate of drug-likeness (QED) is 0.321. The first kappa shape index (κ1) is 27.5. The fourth-order valence-electron chi connectivity index (χ4n) is 5.47. The second-order valence-electron chi connectivity index (χ2n) is 10.2. The molecule has 2 atom stereocenters. The van der Waals surface area contributed by atoms with Crippen LogP contribution in [-0.2, 0) is 21.6 Å². The van der Waals surface area contributed by atoms with E-state index in [0.717, 1.165) is 4.90 Å². The molecule has 1 fully saturated rings. The molecule has 6 rings (SSSR count). The highest BCUT2D eigenvalue weighted by atomic mass is 35.5. The van der Waals surface area contributed by atoms with E-state index in [2.05, 4.69) is 25.6 Å². The van der Waals surface area contributed by atoms with Crippen molar-refractivity contribution in [2.45, 2.75) is 30.9 Å². The molecule has 13 heteroatoms. The van der Waals surface area contributed by atoms with Crippen molar-refractivity contribution in [1.29, 1.82) is 0 Å². The Morgan fingerprint density at radius 3 is 2.71 bits per heavy atom. The number of ether oxygens (including phenoxy) is 1. The summed E-state index contributed by atoms with van der Waals surface area (Å²) in [6.07, 6.45) is 4.17. The molecule has 2 aromatic carbocycles. The van der Waals surface area contributed by atoms with Crippen LogP contribution in [0.2, 0.25) is 5.02 Å². The van der Waals surface area contributed by atoms with Gasteiger partial charge >= 0.3 is 6.09 Å². The molecule has 42 heavy (non-hydrogen) atoms. The van der Waals surface area contributed by atoms with Gasteiger partial charge in [-0.3, -0.25) is 14.4 Å². The van der Waals surface area contributed by atoms with Crippen LogP contribution in [0.3, 0.4) is 0 Å². The number of amides is 3. The topological polar surface area (TPSA) is 146 Å². The standard InChI is InChI=1S/C29H24ClFN6O5/c30-19-4-6-22-24(25(19)31)29(8-1-9-32-14-29)42-28(41)37(22)27(40)21(10-16-12-33-15-34-13-16)36-26(39)18-2-5-20-17(11-18)3-7-23(38)35-20/h2-7,11-13,15,21,32H,1,8-10,14H2,(H,35,38)(H,36,39)/t21-,29-/m0/s1. The summed E-state index contributed by atoms with van der Waals surface area (Å²) in [5.41, 5.74) is -0.363. The maximum absolute atomic E-state index is 15.6. The lowest BCUT2D eigenvalue weighted by molar-refractivity contribution is -0.120. The molecular weight excluding hydrogens is 567 g/mol. The van der Waals surface area contributed by atoms with Crippen LogP contribution in [0.1, 0.15) is 34.3 Å². The number of hydrogen-bond donors (Lipinski definition) is 3. The van der Waals surface area contributed by atoms with Gasteiger partial charge in [0.25, 0.3) is 11.8 Å². The Labute approximate surface area is 243 Å². The first-order valence-corrected chi connectivity index (χ1v) is 13.6. The maximum atomic E-state index is 15.6. The first-order valence-electron chi connectivity index (χ1n) is 13.2. The normalized spacial score (nSPS) is 18.8. The Morgan fingerprint density at radius 2 is 1.95 bits per heavy atom. The Morgan fingerprint density at radius 1 is 1.14 bits per heavy atom. The van der Waals surface area contributed by atoms with Crippen LogP contribution in [0.4, 0.5) is 14.9 Å². The van der Waals surface area contributed by atoms with Gasteiger partial charge in [-0.15, -0.1) is 0 Å². The highest BCUT2D eigenvalue weighted by Gasteiger charge is 2.50. The Kier molecular flexibility index (Phi) is 7.17. The fourth-order valence-corrected chi connectivity index (χ4v) is 5.63. The van der Waals surface area contributed by atoms with E-state index in [1.807, 2.05) is 0 Å². The summed E-state index contributed by atoms with van der Waals surface area (Å²) in [5, 5.41) is 6.27. The van der Waals surface area contributed by atoms with Crippen LogP contribution in [0, 0.1) is 5.82 Å². The largest absolute Gasteiger partial charge is 0.436 e. The van der Waals surface area contributed by atoms with E-state index in [1.54, 1.807) is 18.2 Å². The zero-order valence-corrected chi connectivity index (χ0v) is 22.8. The molecule has 0 saturated carbocycles. The number of benzene rings is 2. The van der Waals surface area contributed by atoms with E-state index in [9.17, 15) is 19.2 Å². The molecule has 1 spiro atoms. The van der Waals surface area contributed by atoms with E-state index >= 15 is 4.39 Å². The molecule has 4 heterocycles. The molecule has 0 bridgehead atoms. The van der Waals surface area contributed by atoms with Gasteiger partial charge in [-0.1, -0.05) is 11.6 Å². The molecule has 0 aliphatic carbocycles. The van der Waals surface area contributed by atoms with Crippen molar-refractivity contribution >= 4 is 46.1 Å². The van der Waals surface area contributed by atoms with Gasteiger partial charge < -0.3 is 20.4 Å². The number of aromatic nitrogens is 3. The van der Waals surface area contributed by atoms with Gasteiger partial charge in [-0.2, -0.15) is 0 Å². The number of fused-ring (bicyclic) bond motifs is 3. The minimum atomic E-state index is -1.34. The molecule has 0 unspecified atom stereocenters. The van der Waals surface area contributed by atoms with Crippen LogP contribution >= 0.6 is 11.6 Å². The van der Waals surface area contributed by atoms with Crippen LogP contribution in [0.5, 0.6) is 0 Å². The number of pyridine rings is 1. The molecule has 1 saturated heterocycles. The Balaban J connectivity index is 1.38. The molecule has 0 radical (unpaired) electrons. The van der Waals surface area contributed by atoms with Gasteiger partial charge in [-0.25, -0.2) is 24.1 Å². The summed E-state index contributed by atoms with van der Waals surface area (Å²) in [6, 6.07) is 8.94. The van der Waals surface area contributed by atoms with Crippen LogP contribution in [-0.4, -0.2) is 52.0 Å². The van der Waals surface area contributed by atoms with Crippen molar-refractivity contribution in [2.75, 3.05) is 18.0 Å². The highest BCUT2D eigenvalue weighted by Crippen LogP contribution is 2.46. The summed E-state index contributed by atoms with van der Waals surface area (Å²) < 4.78 is 21.4. The molecule has 2 aromatic heterocycles. The van der Waals surface area contributed by atoms with E-state index in [1.165, 1.54) is 43.0 Å². The van der Waals surface area contributed by atoms with Gasteiger partial charge in [0, 0.05) is 42.5 Å². The number of halogens is 2. The number of carbonyl (C=O) groups excluding carboxylic acids is 3. The minimum absolute atomic E-state index is 0.0000650. The van der Waals surface area contributed by atoms with Crippen LogP contribution in [0.25, 0.3) is 10.9 Å². The zero-order chi connectivity index (χ0) is 29.4. The van der Waals surface area contributed by atoms with Gasteiger partial charge in [0.15, 0.2) is 11.4 Å². The van der Waals surface area contributed by atoms with E-state index in [-0.39, 0.29) is 40.4 Å². The predicted molar refractivity (Wildman–Crippen MR) is 151 cm³/mol. The lowest BCUT2D eigenvalue weighted by Crippen LogP contribution is -2.58. The average Bonchev–Trinajstić information content (AvgIpc) is 2.99. The van der Waals surface area contributed by atoms with Gasteiger partial charge in [-0.05, 0) is 66.7 Å². The van der Waals surface area contributed by atoms with Gasteiger partial charge in [0.2, 0.25) is 5.56 Å². The number of piperidine rings is 1. The van der Waals surface area contributed by atoms with Crippen molar-refractivity contribution < 1.29 is 23.5 Å². The number of aromatic amines is 1. The number of hydrogen-bond acceptors (Lipinski definition) is 8. The number of nitrogens with one attached hydrogen (secondary N) is 3. The number of rotatable bonds is 5. The van der Waals surface area contributed by atoms with Crippen LogP contribution < -0.4 is 21.1 Å². The molecule has 11 nitrogen and oxygen atoms in total. The average molecular weight is 591 g/mol. The summed E-state index contributed by atoms with van der Waals surface area (Å²) in [7, 11) is 0.